The predicted molar refractivity (Wildman–Crippen MR) is 74.1 cm³/mol. The highest BCUT2D eigenvalue weighted by Gasteiger charge is 2.11. The maximum absolute atomic E-state index is 4.57. The highest BCUT2D eigenvalue weighted by molar-refractivity contribution is 5.80. The Hall–Kier alpha value is -1.90. The molecular formula is C15H17N3. The average Bonchev–Trinajstić information content (AvgIpc) is 2.75. The number of aryl methyl sites for hydroxylation is 2. The molecule has 0 N–H and O–H groups in total. The van der Waals surface area contributed by atoms with Gasteiger partial charge < -0.3 is 0 Å². The van der Waals surface area contributed by atoms with Gasteiger partial charge in [0.2, 0.25) is 0 Å². The Labute approximate surface area is 106 Å². The molecule has 0 fully saturated rings. The maximum atomic E-state index is 4.57. The van der Waals surface area contributed by atoms with E-state index >= 15 is 0 Å². The molecule has 0 radical (unpaired) electrons. The summed E-state index contributed by atoms with van der Waals surface area (Å²) in [7, 11) is 0. The quantitative estimate of drug-likeness (QED) is 0.649. The van der Waals surface area contributed by atoms with Crippen LogP contribution in [-0.4, -0.2) is 14.4 Å². The third-order valence-electron chi connectivity index (χ3n) is 3.56. The Balaban J connectivity index is 2.43. The molecule has 18 heavy (non-hydrogen) atoms. The van der Waals surface area contributed by atoms with Crippen LogP contribution in [0.3, 0.4) is 0 Å². The fourth-order valence-corrected chi connectivity index (χ4v) is 2.35. The zero-order valence-corrected chi connectivity index (χ0v) is 11.2. The standard InChI is InChI=1S/C15H17N3/c1-9(2)15-14-7-16-12-5-10(3)11(4)6-13(12)18(14)8-17-15/h5-9H,1-4H3. The van der Waals surface area contributed by atoms with Crippen LogP contribution in [0.1, 0.15) is 36.6 Å². The minimum absolute atomic E-state index is 0.417. The van der Waals surface area contributed by atoms with Gasteiger partial charge in [-0.05, 0) is 43.0 Å². The first-order chi connectivity index (χ1) is 8.58. The molecule has 0 amide bonds. The molecule has 0 saturated carbocycles. The lowest BCUT2D eigenvalue weighted by Crippen LogP contribution is -1.94. The van der Waals surface area contributed by atoms with Crippen LogP contribution in [0.2, 0.25) is 0 Å². The van der Waals surface area contributed by atoms with E-state index in [1.807, 2.05) is 12.5 Å². The molecule has 92 valence electrons. The monoisotopic (exact) mass is 239 g/mol. The first-order valence-electron chi connectivity index (χ1n) is 6.31. The number of aromatic nitrogens is 3. The van der Waals surface area contributed by atoms with Gasteiger partial charge in [0, 0.05) is 0 Å². The van der Waals surface area contributed by atoms with Gasteiger partial charge in [0.15, 0.2) is 0 Å². The smallest absolute Gasteiger partial charge is 0.100 e. The van der Waals surface area contributed by atoms with Crippen LogP contribution in [0, 0.1) is 13.8 Å². The van der Waals surface area contributed by atoms with Gasteiger partial charge in [-0.15, -0.1) is 0 Å². The summed E-state index contributed by atoms with van der Waals surface area (Å²) in [5, 5.41) is 0. The summed E-state index contributed by atoms with van der Waals surface area (Å²) in [5.74, 6) is 0.417. The Morgan fingerprint density at radius 2 is 1.72 bits per heavy atom. The van der Waals surface area contributed by atoms with E-state index < -0.39 is 0 Å². The van der Waals surface area contributed by atoms with E-state index in [2.05, 4.69) is 54.2 Å². The number of benzene rings is 1. The third kappa shape index (κ3) is 1.50. The van der Waals surface area contributed by atoms with Crippen LogP contribution in [0.5, 0.6) is 0 Å². The van der Waals surface area contributed by atoms with Gasteiger partial charge in [0.05, 0.1) is 28.4 Å². The molecule has 0 spiro atoms. The van der Waals surface area contributed by atoms with Crippen molar-refractivity contribution in [3.05, 3.63) is 41.5 Å². The Kier molecular flexibility index (Phi) is 2.37. The Morgan fingerprint density at radius 3 is 2.44 bits per heavy atom. The lowest BCUT2D eigenvalue weighted by Gasteiger charge is -2.07. The molecule has 0 atom stereocenters. The molecular weight excluding hydrogens is 222 g/mol. The molecule has 3 rings (SSSR count). The van der Waals surface area contributed by atoms with Gasteiger partial charge in [0.1, 0.15) is 6.33 Å². The highest BCUT2D eigenvalue weighted by Crippen LogP contribution is 2.23. The van der Waals surface area contributed by atoms with E-state index in [9.17, 15) is 0 Å². The van der Waals surface area contributed by atoms with Crippen molar-refractivity contribution in [2.75, 3.05) is 0 Å². The number of hydrogen-bond acceptors (Lipinski definition) is 2. The van der Waals surface area contributed by atoms with Crippen molar-refractivity contribution in [3.8, 4) is 0 Å². The molecule has 0 bridgehead atoms. The lowest BCUT2D eigenvalue weighted by molar-refractivity contribution is 0.840. The maximum Gasteiger partial charge on any atom is 0.100 e. The van der Waals surface area contributed by atoms with E-state index in [1.54, 1.807) is 0 Å². The molecule has 0 saturated heterocycles. The number of hydrogen-bond donors (Lipinski definition) is 0. The fourth-order valence-electron chi connectivity index (χ4n) is 2.35. The SMILES string of the molecule is Cc1cc2ncc3c(C(C)C)ncn3c2cc1C. The molecule has 1 aromatic carbocycles. The zero-order valence-electron chi connectivity index (χ0n) is 11.2. The van der Waals surface area contributed by atoms with Gasteiger partial charge >= 0.3 is 0 Å². The van der Waals surface area contributed by atoms with Gasteiger partial charge in [-0.1, -0.05) is 13.8 Å². The topological polar surface area (TPSA) is 30.2 Å². The summed E-state index contributed by atoms with van der Waals surface area (Å²) >= 11 is 0. The summed E-state index contributed by atoms with van der Waals surface area (Å²) in [6, 6.07) is 4.33. The predicted octanol–water partition coefficient (Wildman–Crippen LogP) is 3.62. The summed E-state index contributed by atoms with van der Waals surface area (Å²) in [6.07, 6.45) is 3.84. The van der Waals surface area contributed by atoms with Crippen LogP contribution < -0.4 is 0 Å². The summed E-state index contributed by atoms with van der Waals surface area (Å²) in [6.45, 7) is 8.57. The van der Waals surface area contributed by atoms with Crippen molar-refractivity contribution in [1.82, 2.24) is 14.4 Å². The second-order valence-corrected chi connectivity index (χ2v) is 5.22. The van der Waals surface area contributed by atoms with E-state index in [0.29, 0.717) is 5.92 Å². The summed E-state index contributed by atoms with van der Waals surface area (Å²) in [4.78, 5) is 9.09. The molecule has 0 aliphatic heterocycles. The normalized spacial score (nSPS) is 11.8. The molecule has 3 heteroatoms. The van der Waals surface area contributed by atoms with E-state index in [4.69, 9.17) is 0 Å². The minimum atomic E-state index is 0.417. The second kappa shape index (κ2) is 3.80. The Morgan fingerprint density at radius 1 is 1.00 bits per heavy atom. The van der Waals surface area contributed by atoms with Gasteiger partial charge in [-0.2, -0.15) is 0 Å². The van der Waals surface area contributed by atoms with Crippen LogP contribution in [-0.2, 0) is 0 Å². The first kappa shape index (κ1) is 11.2. The van der Waals surface area contributed by atoms with E-state index in [0.717, 1.165) is 22.2 Å². The molecule has 0 aliphatic carbocycles. The lowest BCUT2D eigenvalue weighted by atomic mass is 10.1. The number of imidazole rings is 1. The molecule has 3 aromatic rings. The minimum Gasteiger partial charge on any atom is -0.295 e. The average molecular weight is 239 g/mol. The molecule has 2 heterocycles. The number of nitrogens with zero attached hydrogens (tertiary/aromatic N) is 3. The van der Waals surface area contributed by atoms with Crippen LogP contribution in [0.25, 0.3) is 16.6 Å². The van der Waals surface area contributed by atoms with Gasteiger partial charge in [0.25, 0.3) is 0 Å². The number of rotatable bonds is 1. The molecule has 0 unspecified atom stereocenters. The van der Waals surface area contributed by atoms with Crippen LogP contribution >= 0.6 is 0 Å². The number of fused-ring (bicyclic) bond motifs is 3. The molecule has 0 aliphatic rings. The van der Waals surface area contributed by atoms with Crippen molar-refractivity contribution in [2.24, 2.45) is 0 Å². The zero-order chi connectivity index (χ0) is 12.9. The van der Waals surface area contributed by atoms with Gasteiger partial charge in [-0.25, -0.2) is 4.98 Å². The third-order valence-corrected chi connectivity index (χ3v) is 3.56. The van der Waals surface area contributed by atoms with Crippen molar-refractivity contribution in [2.45, 2.75) is 33.6 Å². The summed E-state index contributed by atoms with van der Waals surface area (Å²) < 4.78 is 2.14. The largest absolute Gasteiger partial charge is 0.295 e. The first-order valence-corrected chi connectivity index (χ1v) is 6.31. The van der Waals surface area contributed by atoms with Gasteiger partial charge in [-0.3, -0.25) is 9.38 Å². The van der Waals surface area contributed by atoms with E-state index in [-0.39, 0.29) is 0 Å². The fraction of sp³-hybridized carbons (Fsp3) is 0.333. The van der Waals surface area contributed by atoms with E-state index in [1.165, 1.54) is 11.1 Å². The van der Waals surface area contributed by atoms with Crippen molar-refractivity contribution in [1.29, 1.82) is 0 Å². The highest BCUT2D eigenvalue weighted by atomic mass is 15.0. The van der Waals surface area contributed by atoms with Crippen molar-refractivity contribution in [3.63, 3.8) is 0 Å². The Bertz CT molecular complexity index is 738. The van der Waals surface area contributed by atoms with Crippen molar-refractivity contribution < 1.29 is 0 Å². The van der Waals surface area contributed by atoms with Crippen molar-refractivity contribution >= 4 is 16.6 Å². The second-order valence-electron chi connectivity index (χ2n) is 5.22. The summed E-state index contributed by atoms with van der Waals surface area (Å²) in [5.41, 5.74) is 6.95. The molecule has 3 nitrogen and oxygen atoms in total. The molecule has 2 aromatic heterocycles. The van der Waals surface area contributed by atoms with Crippen LogP contribution in [0.4, 0.5) is 0 Å². The van der Waals surface area contributed by atoms with Crippen LogP contribution in [0.15, 0.2) is 24.7 Å².